The van der Waals surface area contributed by atoms with Gasteiger partial charge in [0.2, 0.25) is 11.8 Å². The van der Waals surface area contributed by atoms with Crippen molar-refractivity contribution in [3.63, 3.8) is 0 Å². The van der Waals surface area contributed by atoms with Gasteiger partial charge >= 0.3 is 0 Å². The van der Waals surface area contributed by atoms with Crippen LogP contribution in [0.3, 0.4) is 0 Å². The normalized spacial score (nSPS) is 16.1. The van der Waals surface area contributed by atoms with E-state index in [4.69, 9.17) is 5.21 Å². The molecule has 1 aliphatic rings. The lowest BCUT2D eigenvalue weighted by atomic mass is 9.97. The van der Waals surface area contributed by atoms with Gasteiger partial charge in [-0.15, -0.1) is 11.8 Å². The van der Waals surface area contributed by atoms with Gasteiger partial charge in [0.25, 0.3) is 0 Å². The van der Waals surface area contributed by atoms with Gasteiger partial charge in [-0.3, -0.25) is 14.8 Å². The Hall–Kier alpha value is -1.53. The van der Waals surface area contributed by atoms with Gasteiger partial charge in [0, 0.05) is 36.0 Å². The molecule has 1 aliphatic heterocycles. The SMILES string of the molecule is O=C(CCCCCNC(=O)CC1CSc2ccccc21)NO. The van der Waals surface area contributed by atoms with Crippen LogP contribution in [-0.2, 0) is 9.59 Å². The maximum Gasteiger partial charge on any atom is 0.243 e. The van der Waals surface area contributed by atoms with Gasteiger partial charge in [0.1, 0.15) is 0 Å². The second-order valence-electron chi connectivity index (χ2n) is 5.45. The highest BCUT2D eigenvalue weighted by Crippen LogP contribution is 2.40. The quantitative estimate of drug-likeness (QED) is 0.390. The summed E-state index contributed by atoms with van der Waals surface area (Å²) < 4.78 is 0. The summed E-state index contributed by atoms with van der Waals surface area (Å²) in [7, 11) is 0. The zero-order valence-electron chi connectivity index (χ0n) is 12.5. The van der Waals surface area contributed by atoms with Gasteiger partial charge in [0.15, 0.2) is 0 Å². The van der Waals surface area contributed by atoms with Crippen LogP contribution in [-0.4, -0.2) is 29.3 Å². The van der Waals surface area contributed by atoms with E-state index < -0.39 is 0 Å². The lowest BCUT2D eigenvalue weighted by Crippen LogP contribution is -2.26. The minimum Gasteiger partial charge on any atom is -0.356 e. The smallest absolute Gasteiger partial charge is 0.243 e. The van der Waals surface area contributed by atoms with E-state index in [1.165, 1.54) is 10.5 Å². The maximum atomic E-state index is 12.0. The van der Waals surface area contributed by atoms with Crippen molar-refractivity contribution >= 4 is 23.6 Å². The number of unbranched alkanes of at least 4 members (excludes halogenated alkanes) is 2. The van der Waals surface area contributed by atoms with Crippen LogP contribution in [0.5, 0.6) is 0 Å². The van der Waals surface area contributed by atoms with Gasteiger partial charge in [-0.25, -0.2) is 5.48 Å². The van der Waals surface area contributed by atoms with Crippen molar-refractivity contribution in [1.29, 1.82) is 0 Å². The van der Waals surface area contributed by atoms with Crippen molar-refractivity contribution in [2.24, 2.45) is 0 Å². The molecule has 2 amide bonds. The van der Waals surface area contributed by atoms with Crippen LogP contribution in [0, 0.1) is 0 Å². The fraction of sp³-hybridized carbons (Fsp3) is 0.500. The van der Waals surface area contributed by atoms with Crippen molar-refractivity contribution < 1.29 is 14.8 Å². The van der Waals surface area contributed by atoms with Gasteiger partial charge in [-0.2, -0.15) is 0 Å². The monoisotopic (exact) mass is 322 g/mol. The van der Waals surface area contributed by atoms with Crippen molar-refractivity contribution in [1.82, 2.24) is 10.8 Å². The van der Waals surface area contributed by atoms with Crippen LogP contribution in [0.15, 0.2) is 29.2 Å². The fourth-order valence-electron chi connectivity index (χ4n) is 2.57. The molecule has 0 saturated carbocycles. The summed E-state index contributed by atoms with van der Waals surface area (Å²) in [4.78, 5) is 24.1. The van der Waals surface area contributed by atoms with E-state index in [1.807, 2.05) is 23.9 Å². The number of hydrogen-bond donors (Lipinski definition) is 3. The van der Waals surface area contributed by atoms with Crippen LogP contribution in [0.25, 0.3) is 0 Å². The molecule has 3 N–H and O–H groups in total. The molecule has 1 atom stereocenters. The number of nitrogens with one attached hydrogen (secondary N) is 2. The number of fused-ring (bicyclic) bond motifs is 1. The Kier molecular flexibility index (Phi) is 6.74. The third-order valence-corrected chi connectivity index (χ3v) is 5.01. The zero-order chi connectivity index (χ0) is 15.8. The molecule has 0 aliphatic carbocycles. The predicted molar refractivity (Wildman–Crippen MR) is 85.9 cm³/mol. The second-order valence-corrected chi connectivity index (χ2v) is 6.51. The Bertz CT molecular complexity index is 522. The van der Waals surface area contributed by atoms with Crippen molar-refractivity contribution in [2.75, 3.05) is 12.3 Å². The Balaban J connectivity index is 1.60. The summed E-state index contributed by atoms with van der Waals surface area (Å²) in [6, 6.07) is 8.28. The van der Waals surface area contributed by atoms with E-state index in [-0.39, 0.29) is 11.8 Å². The number of hydrogen-bond acceptors (Lipinski definition) is 4. The van der Waals surface area contributed by atoms with Crippen LogP contribution >= 0.6 is 11.8 Å². The number of benzene rings is 1. The molecule has 2 rings (SSSR count). The average molecular weight is 322 g/mol. The maximum absolute atomic E-state index is 12.0. The fourth-order valence-corrected chi connectivity index (χ4v) is 3.82. The van der Waals surface area contributed by atoms with Crippen molar-refractivity contribution in [3.05, 3.63) is 29.8 Å². The Labute approximate surface area is 134 Å². The molecule has 0 saturated heterocycles. The summed E-state index contributed by atoms with van der Waals surface area (Å²) in [5, 5.41) is 11.3. The van der Waals surface area contributed by atoms with E-state index in [1.54, 1.807) is 5.48 Å². The number of rotatable bonds is 8. The largest absolute Gasteiger partial charge is 0.356 e. The van der Waals surface area contributed by atoms with Gasteiger partial charge in [-0.1, -0.05) is 24.6 Å². The molecule has 1 aromatic rings. The molecule has 1 aromatic carbocycles. The molecule has 6 heteroatoms. The summed E-state index contributed by atoms with van der Waals surface area (Å²) in [6.45, 7) is 0.640. The Morgan fingerprint density at radius 2 is 2.00 bits per heavy atom. The third-order valence-electron chi connectivity index (χ3n) is 3.76. The average Bonchev–Trinajstić information content (AvgIpc) is 2.93. The first kappa shape index (κ1) is 16.8. The predicted octanol–water partition coefficient (Wildman–Crippen LogP) is 2.45. The Morgan fingerprint density at radius 3 is 2.82 bits per heavy atom. The molecule has 5 nitrogen and oxygen atoms in total. The molecular weight excluding hydrogens is 300 g/mol. The molecular formula is C16H22N2O3S. The highest BCUT2D eigenvalue weighted by Gasteiger charge is 2.24. The van der Waals surface area contributed by atoms with Crippen LogP contribution in [0.1, 0.15) is 43.6 Å². The minimum atomic E-state index is -0.360. The van der Waals surface area contributed by atoms with E-state index in [0.29, 0.717) is 25.3 Å². The summed E-state index contributed by atoms with van der Waals surface area (Å²) in [6.07, 6.45) is 3.28. The van der Waals surface area contributed by atoms with Crippen molar-refractivity contribution in [3.8, 4) is 0 Å². The summed E-state index contributed by atoms with van der Waals surface area (Å²) >= 11 is 1.82. The minimum absolute atomic E-state index is 0.0930. The van der Waals surface area contributed by atoms with E-state index in [2.05, 4.69) is 17.4 Å². The number of carbonyl (C=O) groups is 2. The zero-order valence-corrected chi connectivity index (χ0v) is 13.3. The molecule has 0 spiro atoms. The first-order valence-electron chi connectivity index (χ1n) is 7.62. The number of hydroxylamine groups is 1. The van der Waals surface area contributed by atoms with Crippen LogP contribution < -0.4 is 10.8 Å². The molecule has 1 unspecified atom stereocenters. The first-order valence-corrected chi connectivity index (χ1v) is 8.60. The van der Waals surface area contributed by atoms with Gasteiger partial charge in [0.05, 0.1) is 0 Å². The van der Waals surface area contributed by atoms with E-state index in [9.17, 15) is 9.59 Å². The molecule has 0 radical (unpaired) electrons. The molecule has 22 heavy (non-hydrogen) atoms. The topological polar surface area (TPSA) is 78.4 Å². The molecule has 0 aromatic heterocycles. The van der Waals surface area contributed by atoms with E-state index >= 15 is 0 Å². The second kappa shape index (κ2) is 8.80. The third kappa shape index (κ3) is 5.03. The Morgan fingerprint density at radius 1 is 1.18 bits per heavy atom. The van der Waals surface area contributed by atoms with Crippen LogP contribution in [0.4, 0.5) is 0 Å². The van der Waals surface area contributed by atoms with Gasteiger partial charge < -0.3 is 5.32 Å². The highest BCUT2D eigenvalue weighted by molar-refractivity contribution is 7.99. The van der Waals surface area contributed by atoms with E-state index in [0.717, 1.165) is 25.0 Å². The molecule has 0 fully saturated rings. The number of amides is 2. The lowest BCUT2D eigenvalue weighted by Gasteiger charge is -2.11. The number of thioether (sulfide) groups is 1. The summed E-state index contributed by atoms with van der Waals surface area (Å²) in [5.41, 5.74) is 2.90. The summed E-state index contributed by atoms with van der Waals surface area (Å²) in [5.74, 6) is 1.02. The highest BCUT2D eigenvalue weighted by atomic mass is 32.2. The number of carbonyl (C=O) groups excluding carboxylic acids is 2. The van der Waals surface area contributed by atoms with Crippen LogP contribution in [0.2, 0.25) is 0 Å². The first-order chi connectivity index (χ1) is 10.7. The standard InChI is InChI=1S/C16H22N2O3S/c19-15(18-21)8-2-1-5-9-17-16(20)10-12-11-22-14-7-4-3-6-13(12)14/h3-4,6-7,12,21H,1-2,5,8-11H2,(H,17,20)(H,18,19). The van der Waals surface area contributed by atoms with Gasteiger partial charge in [-0.05, 0) is 24.5 Å². The van der Waals surface area contributed by atoms with Crippen molar-refractivity contribution in [2.45, 2.75) is 42.9 Å². The molecule has 120 valence electrons. The molecule has 1 heterocycles. The lowest BCUT2D eigenvalue weighted by molar-refractivity contribution is -0.129. The molecule has 0 bridgehead atoms.